The fourth-order valence-electron chi connectivity index (χ4n) is 5.13. The minimum absolute atomic E-state index is 0.385. The molecule has 0 unspecified atom stereocenters. The standard InChI is InChI=1S/C25H32N4O3/c30-25(31)29-18-17-28(23-3-1-2-4-24(23)29)20-7-5-19(6-8-20)27-15-11-22(12-16-27)32-21-9-13-26-14-10-21/h1-8,21-22,26H,9-18H2,(H,30,31). The highest BCUT2D eigenvalue weighted by atomic mass is 16.5. The highest BCUT2D eigenvalue weighted by molar-refractivity contribution is 5.94. The van der Waals surface area contributed by atoms with Crippen molar-refractivity contribution in [2.24, 2.45) is 0 Å². The highest BCUT2D eigenvalue weighted by Gasteiger charge is 2.28. The van der Waals surface area contributed by atoms with E-state index < -0.39 is 6.09 Å². The molecule has 2 fully saturated rings. The first-order valence-electron chi connectivity index (χ1n) is 11.8. The van der Waals surface area contributed by atoms with Gasteiger partial charge in [0.1, 0.15) is 0 Å². The van der Waals surface area contributed by atoms with Gasteiger partial charge in [-0.15, -0.1) is 0 Å². The molecule has 0 spiro atoms. The van der Waals surface area contributed by atoms with Crippen LogP contribution in [0.15, 0.2) is 48.5 Å². The molecule has 3 aliphatic rings. The zero-order valence-electron chi connectivity index (χ0n) is 18.4. The van der Waals surface area contributed by atoms with E-state index in [9.17, 15) is 9.90 Å². The van der Waals surface area contributed by atoms with Crippen molar-refractivity contribution in [3.63, 3.8) is 0 Å². The van der Waals surface area contributed by atoms with Crippen LogP contribution in [0.5, 0.6) is 0 Å². The second kappa shape index (κ2) is 9.38. The molecule has 0 aromatic heterocycles. The first-order chi connectivity index (χ1) is 15.7. The van der Waals surface area contributed by atoms with Crippen molar-refractivity contribution in [3.8, 4) is 0 Å². The SMILES string of the molecule is O=C(O)N1CCN(c2ccc(N3CCC(OC4CCNCC4)CC3)cc2)c2ccccc21. The van der Waals surface area contributed by atoms with Gasteiger partial charge in [0.15, 0.2) is 0 Å². The summed E-state index contributed by atoms with van der Waals surface area (Å²) in [7, 11) is 0. The summed E-state index contributed by atoms with van der Waals surface area (Å²) in [6, 6.07) is 16.4. The second-order valence-corrected chi connectivity index (χ2v) is 8.86. The Bertz CT molecular complexity index is 921. The minimum Gasteiger partial charge on any atom is -0.465 e. The average molecular weight is 437 g/mol. The number of carboxylic acid groups (broad SMARTS) is 1. The van der Waals surface area contributed by atoms with E-state index in [1.165, 1.54) is 10.6 Å². The lowest BCUT2D eigenvalue weighted by Gasteiger charge is -2.37. The summed E-state index contributed by atoms with van der Waals surface area (Å²) < 4.78 is 6.35. The Kier molecular flexibility index (Phi) is 6.19. The van der Waals surface area contributed by atoms with Crippen LogP contribution in [0.25, 0.3) is 0 Å². The number of rotatable bonds is 4. The van der Waals surface area contributed by atoms with Crippen LogP contribution in [0.1, 0.15) is 25.7 Å². The van der Waals surface area contributed by atoms with Gasteiger partial charge in [0.05, 0.1) is 23.6 Å². The summed E-state index contributed by atoms with van der Waals surface area (Å²) in [5.41, 5.74) is 4.01. The third-order valence-electron chi connectivity index (χ3n) is 6.88. The molecular weight excluding hydrogens is 404 g/mol. The molecule has 0 atom stereocenters. The number of hydrogen-bond donors (Lipinski definition) is 2. The number of carbonyl (C=O) groups is 1. The third kappa shape index (κ3) is 4.40. The molecule has 3 aliphatic heterocycles. The zero-order chi connectivity index (χ0) is 21.9. The number of nitrogens with one attached hydrogen (secondary N) is 1. The molecule has 170 valence electrons. The molecule has 0 radical (unpaired) electrons. The fraction of sp³-hybridized carbons (Fsp3) is 0.480. The molecule has 5 rings (SSSR count). The molecule has 2 aromatic rings. The Morgan fingerprint density at radius 3 is 2.12 bits per heavy atom. The second-order valence-electron chi connectivity index (χ2n) is 8.86. The molecule has 3 heterocycles. The first kappa shape index (κ1) is 21.1. The summed E-state index contributed by atoms with van der Waals surface area (Å²) in [5, 5.41) is 12.9. The maximum Gasteiger partial charge on any atom is 0.411 e. The lowest BCUT2D eigenvalue weighted by molar-refractivity contribution is -0.0363. The number of nitrogens with zero attached hydrogens (tertiary/aromatic N) is 3. The van der Waals surface area contributed by atoms with E-state index in [2.05, 4.69) is 39.4 Å². The monoisotopic (exact) mass is 436 g/mol. The van der Waals surface area contributed by atoms with Crippen LogP contribution < -0.4 is 20.0 Å². The van der Waals surface area contributed by atoms with E-state index in [0.29, 0.717) is 25.3 Å². The van der Waals surface area contributed by atoms with Crippen molar-refractivity contribution in [2.75, 3.05) is 54.0 Å². The van der Waals surface area contributed by atoms with Crippen LogP contribution in [0.3, 0.4) is 0 Å². The number of hydrogen-bond acceptors (Lipinski definition) is 5. The maximum absolute atomic E-state index is 11.6. The van der Waals surface area contributed by atoms with Gasteiger partial charge in [-0.2, -0.15) is 0 Å². The summed E-state index contributed by atoms with van der Waals surface area (Å²) in [6.07, 6.45) is 4.33. The lowest BCUT2D eigenvalue weighted by Crippen LogP contribution is -2.41. The van der Waals surface area contributed by atoms with Crippen LogP contribution in [0.4, 0.5) is 27.5 Å². The van der Waals surface area contributed by atoms with E-state index in [-0.39, 0.29) is 0 Å². The number of piperidine rings is 2. The average Bonchev–Trinajstić information content (AvgIpc) is 2.84. The molecule has 0 bridgehead atoms. The first-order valence-corrected chi connectivity index (χ1v) is 11.8. The van der Waals surface area contributed by atoms with E-state index >= 15 is 0 Å². The van der Waals surface area contributed by atoms with E-state index in [1.807, 2.05) is 24.3 Å². The van der Waals surface area contributed by atoms with Gasteiger partial charge in [0.25, 0.3) is 0 Å². The van der Waals surface area contributed by atoms with Crippen molar-refractivity contribution >= 4 is 28.8 Å². The van der Waals surface area contributed by atoms with Gasteiger partial charge in [-0.1, -0.05) is 12.1 Å². The van der Waals surface area contributed by atoms with E-state index in [0.717, 1.165) is 68.9 Å². The predicted octanol–water partition coefficient (Wildman–Crippen LogP) is 4.06. The van der Waals surface area contributed by atoms with E-state index in [1.54, 1.807) is 0 Å². The minimum atomic E-state index is -0.903. The molecule has 7 nitrogen and oxygen atoms in total. The van der Waals surface area contributed by atoms with Gasteiger partial charge < -0.3 is 25.0 Å². The van der Waals surface area contributed by atoms with Crippen LogP contribution in [0.2, 0.25) is 0 Å². The topological polar surface area (TPSA) is 68.3 Å². The third-order valence-corrected chi connectivity index (χ3v) is 6.88. The summed E-state index contributed by atoms with van der Waals surface area (Å²) in [4.78, 5) is 17.7. The number of benzene rings is 2. The quantitative estimate of drug-likeness (QED) is 0.753. The van der Waals surface area contributed by atoms with Crippen molar-refractivity contribution in [2.45, 2.75) is 37.9 Å². The van der Waals surface area contributed by atoms with Crippen molar-refractivity contribution in [3.05, 3.63) is 48.5 Å². The summed E-state index contributed by atoms with van der Waals surface area (Å²) in [5.74, 6) is 0. The van der Waals surface area contributed by atoms with Gasteiger partial charge >= 0.3 is 6.09 Å². The van der Waals surface area contributed by atoms with Crippen LogP contribution >= 0.6 is 0 Å². The van der Waals surface area contributed by atoms with Gasteiger partial charge in [-0.3, -0.25) is 4.90 Å². The number of anilines is 4. The number of amides is 1. The van der Waals surface area contributed by atoms with E-state index in [4.69, 9.17) is 4.74 Å². The summed E-state index contributed by atoms with van der Waals surface area (Å²) in [6.45, 7) is 5.29. The zero-order valence-corrected chi connectivity index (χ0v) is 18.4. The molecule has 2 saturated heterocycles. The Morgan fingerprint density at radius 1 is 0.812 bits per heavy atom. The fourth-order valence-corrected chi connectivity index (χ4v) is 5.13. The molecule has 2 N–H and O–H groups in total. The van der Waals surface area contributed by atoms with Crippen LogP contribution in [0, 0.1) is 0 Å². The molecule has 32 heavy (non-hydrogen) atoms. The molecule has 1 amide bonds. The molecule has 7 heteroatoms. The van der Waals surface area contributed by atoms with Crippen molar-refractivity contribution in [1.29, 1.82) is 0 Å². The molecule has 0 aliphatic carbocycles. The Balaban J connectivity index is 1.22. The molecule has 2 aromatic carbocycles. The number of fused-ring (bicyclic) bond motifs is 1. The Morgan fingerprint density at radius 2 is 1.44 bits per heavy atom. The van der Waals surface area contributed by atoms with Gasteiger partial charge in [-0.25, -0.2) is 4.79 Å². The number of ether oxygens (including phenoxy) is 1. The van der Waals surface area contributed by atoms with Crippen molar-refractivity contribution in [1.82, 2.24) is 5.32 Å². The normalized spacial score (nSPS) is 20.3. The largest absolute Gasteiger partial charge is 0.465 e. The molecule has 0 saturated carbocycles. The van der Waals surface area contributed by atoms with Crippen molar-refractivity contribution < 1.29 is 14.6 Å². The number of para-hydroxylation sites is 2. The Hall–Kier alpha value is -2.77. The maximum atomic E-state index is 11.6. The van der Waals surface area contributed by atoms with Gasteiger partial charge in [0.2, 0.25) is 0 Å². The predicted molar refractivity (Wildman–Crippen MR) is 127 cm³/mol. The smallest absolute Gasteiger partial charge is 0.411 e. The lowest BCUT2D eigenvalue weighted by atomic mass is 10.0. The van der Waals surface area contributed by atoms with Crippen LogP contribution in [-0.4, -0.2) is 62.7 Å². The highest BCUT2D eigenvalue weighted by Crippen LogP contribution is 2.38. The summed E-state index contributed by atoms with van der Waals surface area (Å²) >= 11 is 0. The Labute approximate surface area is 189 Å². The van der Waals surface area contributed by atoms with Gasteiger partial charge in [0, 0.05) is 37.6 Å². The van der Waals surface area contributed by atoms with Gasteiger partial charge in [-0.05, 0) is 75.2 Å². The molecular formula is C25H32N4O3. The van der Waals surface area contributed by atoms with Crippen LogP contribution in [-0.2, 0) is 4.74 Å².